The fourth-order valence-corrected chi connectivity index (χ4v) is 2.83. The van der Waals surface area contributed by atoms with Crippen LogP contribution < -0.4 is 14.4 Å². The second-order valence-electron chi connectivity index (χ2n) is 6.29. The Labute approximate surface area is 174 Å². The first-order valence-corrected chi connectivity index (χ1v) is 9.40. The van der Waals surface area contributed by atoms with Gasteiger partial charge in [-0.1, -0.05) is 11.6 Å². The van der Waals surface area contributed by atoms with E-state index in [-0.39, 0.29) is 6.61 Å². The Kier molecular flexibility index (Phi) is 6.79. The highest BCUT2D eigenvalue weighted by molar-refractivity contribution is 6.29. The second kappa shape index (κ2) is 9.49. The molecule has 3 heterocycles. The van der Waals surface area contributed by atoms with Crippen molar-refractivity contribution in [3.8, 4) is 28.6 Å². The number of anilines is 1. The molecule has 9 heteroatoms. The van der Waals surface area contributed by atoms with Gasteiger partial charge in [0.25, 0.3) is 0 Å². The molecule has 1 N–H and O–H groups in total. The molecule has 3 aromatic heterocycles. The number of hydrogen-bond acceptors (Lipinski definition) is 8. The Hall–Kier alpha value is -2.97. The fraction of sp³-hybridized carbons (Fsp3) is 0.300. The van der Waals surface area contributed by atoms with E-state index in [1.807, 2.05) is 31.0 Å². The highest BCUT2D eigenvalue weighted by atomic mass is 35.5. The summed E-state index contributed by atoms with van der Waals surface area (Å²) in [6, 6.07) is 7.01. The van der Waals surface area contributed by atoms with Gasteiger partial charge in [0, 0.05) is 38.7 Å². The van der Waals surface area contributed by atoms with Crippen molar-refractivity contribution in [3.63, 3.8) is 0 Å². The van der Waals surface area contributed by atoms with Gasteiger partial charge in [0.15, 0.2) is 0 Å². The van der Waals surface area contributed by atoms with Crippen LogP contribution in [0.5, 0.6) is 17.4 Å². The molecule has 0 atom stereocenters. The number of hydrogen-bond donors (Lipinski definition) is 1. The molecule has 0 radical (unpaired) electrons. The molecule has 3 aromatic rings. The summed E-state index contributed by atoms with van der Waals surface area (Å²) in [7, 11) is 3.42. The summed E-state index contributed by atoms with van der Waals surface area (Å²) in [5.41, 5.74) is 2.04. The van der Waals surface area contributed by atoms with Crippen LogP contribution in [0.15, 0.2) is 36.7 Å². The molecule has 0 unspecified atom stereocenters. The standard InChI is InChI=1S/C20H22ClN5O3/c1-13-17(29-14-7-8-22-18(21)11-14)6-5-16(24-13)15-12-23-20(25-19(15)28-3)26(2)9-4-10-27/h5-8,11-12,27H,4,9-10H2,1-3H3. The number of aliphatic hydroxyl groups is 1. The third kappa shape index (κ3) is 5.10. The van der Waals surface area contributed by atoms with Gasteiger partial charge in [-0.05, 0) is 31.5 Å². The van der Waals surface area contributed by atoms with Gasteiger partial charge in [0.1, 0.15) is 16.7 Å². The molecule has 0 spiro atoms. The molecular formula is C20H22ClN5O3. The summed E-state index contributed by atoms with van der Waals surface area (Å²) in [6.07, 6.45) is 3.90. The van der Waals surface area contributed by atoms with Crippen molar-refractivity contribution in [2.45, 2.75) is 13.3 Å². The molecule has 0 saturated carbocycles. The van der Waals surface area contributed by atoms with Crippen LogP contribution in [0.4, 0.5) is 5.95 Å². The lowest BCUT2D eigenvalue weighted by Gasteiger charge is -2.18. The van der Waals surface area contributed by atoms with Crippen molar-refractivity contribution in [2.75, 3.05) is 32.2 Å². The van der Waals surface area contributed by atoms with E-state index < -0.39 is 0 Å². The monoisotopic (exact) mass is 415 g/mol. The van der Waals surface area contributed by atoms with E-state index in [0.29, 0.717) is 58.4 Å². The molecule has 0 saturated heterocycles. The van der Waals surface area contributed by atoms with Crippen LogP contribution in [0.3, 0.4) is 0 Å². The molecule has 152 valence electrons. The summed E-state index contributed by atoms with van der Waals surface area (Å²) in [5.74, 6) is 2.13. The summed E-state index contributed by atoms with van der Waals surface area (Å²) in [5, 5.41) is 9.35. The molecule has 0 bridgehead atoms. The average Bonchev–Trinajstić information content (AvgIpc) is 2.73. The minimum Gasteiger partial charge on any atom is -0.480 e. The van der Waals surface area contributed by atoms with E-state index in [1.54, 1.807) is 31.6 Å². The van der Waals surface area contributed by atoms with Gasteiger partial charge in [-0.25, -0.2) is 15.0 Å². The largest absolute Gasteiger partial charge is 0.480 e. The molecule has 0 aliphatic rings. The molecule has 0 aromatic carbocycles. The molecule has 0 amide bonds. The zero-order chi connectivity index (χ0) is 20.8. The number of methoxy groups -OCH3 is 1. The van der Waals surface area contributed by atoms with Gasteiger partial charge in [-0.15, -0.1) is 0 Å². The fourth-order valence-electron chi connectivity index (χ4n) is 2.66. The molecule has 0 fully saturated rings. The molecule has 3 rings (SSSR count). The third-order valence-corrected chi connectivity index (χ3v) is 4.37. The average molecular weight is 416 g/mol. The van der Waals surface area contributed by atoms with Crippen LogP contribution in [0, 0.1) is 6.92 Å². The number of rotatable bonds is 8. The Morgan fingerprint density at radius 3 is 2.69 bits per heavy atom. The SMILES string of the molecule is COc1nc(N(C)CCCO)ncc1-c1ccc(Oc2ccnc(Cl)c2)c(C)n1. The first-order valence-electron chi connectivity index (χ1n) is 9.02. The normalized spacial score (nSPS) is 10.7. The van der Waals surface area contributed by atoms with Gasteiger partial charge >= 0.3 is 0 Å². The maximum atomic E-state index is 8.99. The van der Waals surface area contributed by atoms with E-state index in [0.717, 1.165) is 0 Å². The van der Waals surface area contributed by atoms with Crippen molar-refractivity contribution in [2.24, 2.45) is 0 Å². The Morgan fingerprint density at radius 1 is 1.17 bits per heavy atom. The van der Waals surface area contributed by atoms with Crippen LogP contribution in [0.1, 0.15) is 12.1 Å². The number of aliphatic hydroxyl groups excluding tert-OH is 1. The molecule has 0 aliphatic carbocycles. The predicted molar refractivity (Wildman–Crippen MR) is 111 cm³/mol. The lowest BCUT2D eigenvalue weighted by atomic mass is 10.2. The van der Waals surface area contributed by atoms with E-state index in [9.17, 15) is 0 Å². The van der Waals surface area contributed by atoms with E-state index in [2.05, 4.69) is 19.9 Å². The third-order valence-electron chi connectivity index (χ3n) is 4.17. The summed E-state index contributed by atoms with van der Waals surface area (Å²) in [6.45, 7) is 2.61. The van der Waals surface area contributed by atoms with Crippen LogP contribution in [0.25, 0.3) is 11.3 Å². The van der Waals surface area contributed by atoms with E-state index in [1.165, 1.54) is 0 Å². The number of halogens is 1. The van der Waals surface area contributed by atoms with Gasteiger partial charge in [0.2, 0.25) is 11.8 Å². The Morgan fingerprint density at radius 2 is 2.00 bits per heavy atom. The predicted octanol–water partition coefficient (Wildman–Crippen LogP) is 3.51. The molecule has 29 heavy (non-hydrogen) atoms. The van der Waals surface area contributed by atoms with Crippen LogP contribution in [-0.2, 0) is 0 Å². The first kappa shape index (κ1) is 20.8. The van der Waals surface area contributed by atoms with Crippen molar-refractivity contribution >= 4 is 17.5 Å². The summed E-state index contributed by atoms with van der Waals surface area (Å²) in [4.78, 5) is 19.3. The quantitative estimate of drug-likeness (QED) is 0.558. The first-order chi connectivity index (χ1) is 14.0. The van der Waals surface area contributed by atoms with Gasteiger partial charge in [0.05, 0.1) is 24.1 Å². The Bertz CT molecular complexity index is 986. The maximum Gasteiger partial charge on any atom is 0.228 e. The minimum absolute atomic E-state index is 0.114. The number of nitrogens with zero attached hydrogens (tertiary/aromatic N) is 5. The van der Waals surface area contributed by atoms with Crippen molar-refractivity contribution in [1.29, 1.82) is 0 Å². The molecule has 8 nitrogen and oxygen atoms in total. The zero-order valence-corrected chi connectivity index (χ0v) is 17.2. The van der Waals surface area contributed by atoms with Crippen molar-refractivity contribution in [1.82, 2.24) is 19.9 Å². The Balaban J connectivity index is 1.85. The lowest BCUT2D eigenvalue weighted by molar-refractivity contribution is 0.290. The van der Waals surface area contributed by atoms with E-state index in [4.69, 9.17) is 26.2 Å². The van der Waals surface area contributed by atoms with Crippen molar-refractivity contribution in [3.05, 3.63) is 47.5 Å². The number of aromatic nitrogens is 4. The highest BCUT2D eigenvalue weighted by Gasteiger charge is 2.15. The lowest BCUT2D eigenvalue weighted by Crippen LogP contribution is -2.22. The van der Waals surface area contributed by atoms with Gasteiger partial charge in [-0.2, -0.15) is 4.98 Å². The zero-order valence-electron chi connectivity index (χ0n) is 16.5. The molecule has 0 aliphatic heterocycles. The number of pyridine rings is 2. The second-order valence-corrected chi connectivity index (χ2v) is 6.68. The molecular weight excluding hydrogens is 394 g/mol. The van der Waals surface area contributed by atoms with Crippen molar-refractivity contribution < 1.29 is 14.6 Å². The van der Waals surface area contributed by atoms with Gasteiger partial charge in [-0.3, -0.25) is 0 Å². The number of aryl methyl sites for hydroxylation is 1. The van der Waals surface area contributed by atoms with Crippen LogP contribution >= 0.6 is 11.6 Å². The van der Waals surface area contributed by atoms with Gasteiger partial charge < -0.3 is 19.5 Å². The minimum atomic E-state index is 0.114. The smallest absolute Gasteiger partial charge is 0.228 e. The summed E-state index contributed by atoms with van der Waals surface area (Å²) < 4.78 is 11.3. The maximum absolute atomic E-state index is 8.99. The van der Waals surface area contributed by atoms with Crippen LogP contribution in [-0.4, -0.2) is 52.4 Å². The highest BCUT2D eigenvalue weighted by Crippen LogP contribution is 2.31. The van der Waals surface area contributed by atoms with E-state index >= 15 is 0 Å². The number of ether oxygens (including phenoxy) is 2. The topological polar surface area (TPSA) is 93.5 Å². The summed E-state index contributed by atoms with van der Waals surface area (Å²) >= 11 is 5.90. The van der Waals surface area contributed by atoms with Crippen LogP contribution in [0.2, 0.25) is 5.15 Å².